The molecule has 0 atom stereocenters. The van der Waals surface area contributed by atoms with Crippen molar-refractivity contribution in [2.75, 3.05) is 0 Å². The Morgan fingerprint density at radius 1 is 0.857 bits per heavy atom. The zero-order valence-corrected chi connectivity index (χ0v) is 12.4. The zero-order valence-electron chi connectivity index (χ0n) is 12.4. The second kappa shape index (κ2) is 5.53. The summed E-state index contributed by atoms with van der Waals surface area (Å²) in [6, 6.07) is 20.4. The number of hydrogen-bond acceptors (Lipinski definition) is 1. The Morgan fingerprint density at radius 3 is 2.33 bits per heavy atom. The van der Waals surface area contributed by atoms with Crippen LogP contribution >= 0.6 is 0 Å². The van der Waals surface area contributed by atoms with Crippen LogP contribution in [-0.2, 0) is 6.42 Å². The highest BCUT2D eigenvalue weighted by Crippen LogP contribution is 2.23. The molecule has 0 radical (unpaired) electrons. The Labute approximate surface area is 125 Å². The standard InChI is InChI=1S/C20H18O/c1-14-7-10-16(11-8-14)13-19(21)20-15(2)9-12-17-5-3-4-6-18(17)20/h3-12H,13H2,1-2H3. The van der Waals surface area contributed by atoms with E-state index in [0.29, 0.717) is 6.42 Å². The number of carbonyl (C=O) groups is 1. The Morgan fingerprint density at radius 2 is 1.57 bits per heavy atom. The number of rotatable bonds is 3. The Balaban J connectivity index is 2.01. The third-order valence-corrected chi connectivity index (χ3v) is 3.90. The van der Waals surface area contributed by atoms with Gasteiger partial charge in [-0.25, -0.2) is 0 Å². The fourth-order valence-electron chi connectivity index (χ4n) is 2.73. The van der Waals surface area contributed by atoms with Gasteiger partial charge in [0, 0.05) is 12.0 Å². The lowest BCUT2D eigenvalue weighted by Crippen LogP contribution is -2.06. The summed E-state index contributed by atoms with van der Waals surface area (Å²) in [6.07, 6.45) is 0.453. The minimum Gasteiger partial charge on any atom is -0.294 e. The van der Waals surface area contributed by atoms with Gasteiger partial charge in [0.1, 0.15) is 0 Å². The van der Waals surface area contributed by atoms with Crippen LogP contribution in [0.25, 0.3) is 10.8 Å². The van der Waals surface area contributed by atoms with Gasteiger partial charge in [-0.15, -0.1) is 0 Å². The molecule has 3 rings (SSSR count). The molecule has 0 N–H and O–H groups in total. The number of fused-ring (bicyclic) bond motifs is 1. The average Bonchev–Trinajstić information content (AvgIpc) is 2.49. The summed E-state index contributed by atoms with van der Waals surface area (Å²) >= 11 is 0. The summed E-state index contributed by atoms with van der Waals surface area (Å²) in [6.45, 7) is 4.06. The number of benzene rings is 3. The SMILES string of the molecule is Cc1ccc(CC(=O)c2c(C)ccc3ccccc23)cc1. The second-order valence-electron chi connectivity index (χ2n) is 5.56. The molecular weight excluding hydrogens is 256 g/mol. The van der Waals surface area contributed by atoms with Crippen LogP contribution in [0.1, 0.15) is 27.0 Å². The van der Waals surface area contributed by atoms with Gasteiger partial charge in [0.2, 0.25) is 0 Å². The molecular formula is C20H18O. The van der Waals surface area contributed by atoms with Gasteiger partial charge in [0.25, 0.3) is 0 Å². The lowest BCUT2D eigenvalue weighted by Gasteiger charge is -2.10. The summed E-state index contributed by atoms with van der Waals surface area (Å²) < 4.78 is 0. The van der Waals surface area contributed by atoms with E-state index < -0.39 is 0 Å². The summed E-state index contributed by atoms with van der Waals surface area (Å²) in [5.41, 5.74) is 4.19. The Bertz CT molecular complexity index is 798. The maximum Gasteiger partial charge on any atom is 0.168 e. The van der Waals surface area contributed by atoms with Gasteiger partial charge in [-0.3, -0.25) is 4.79 Å². The maximum absolute atomic E-state index is 12.7. The highest BCUT2D eigenvalue weighted by molar-refractivity contribution is 6.10. The monoisotopic (exact) mass is 274 g/mol. The van der Waals surface area contributed by atoms with Crippen LogP contribution < -0.4 is 0 Å². The van der Waals surface area contributed by atoms with Crippen molar-refractivity contribution in [2.24, 2.45) is 0 Å². The summed E-state index contributed by atoms with van der Waals surface area (Å²) in [5.74, 6) is 0.188. The number of aryl methyl sites for hydroxylation is 2. The van der Waals surface area contributed by atoms with E-state index in [2.05, 4.69) is 31.2 Å². The highest BCUT2D eigenvalue weighted by Gasteiger charge is 2.13. The molecule has 0 fully saturated rings. The van der Waals surface area contributed by atoms with Crippen molar-refractivity contribution in [1.82, 2.24) is 0 Å². The molecule has 0 aliphatic carbocycles. The first-order chi connectivity index (χ1) is 10.1. The van der Waals surface area contributed by atoms with Crippen LogP contribution in [0.5, 0.6) is 0 Å². The fraction of sp³-hybridized carbons (Fsp3) is 0.150. The van der Waals surface area contributed by atoms with Crippen LogP contribution in [0.4, 0.5) is 0 Å². The van der Waals surface area contributed by atoms with Crippen molar-refractivity contribution in [1.29, 1.82) is 0 Å². The molecule has 0 heterocycles. The van der Waals surface area contributed by atoms with Crippen LogP contribution in [0.3, 0.4) is 0 Å². The lowest BCUT2D eigenvalue weighted by molar-refractivity contribution is 0.0994. The molecule has 104 valence electrons. The van der Waals surface area contributed by atoms with E-state index in [1.165, 1.54) is 5.56 Å². The topological polar surface area (TPSA) is 17.1 Å². The first kappa shape index (κ1) is 13.6. The molecule has 0 amide bonds. The molecule has 21 heavy (non-hydrogen) atoms. The second-order valence-corrected chi connectivity index (χ2v) is 5.56. The predicted molar refractivity (Wildman–Crippen MR) is 87.9 cm³/mol. The van der Waals surface area contributed by atoms with Gasteiger partial charge >= 0.3 is 0 Å². The van der Waals surface area contributed by atoms with Crippen molar-refractivity contribution in [3.05, 3.63) is 82.9 Å². The summed E-state index contributed by atoms with van der Waals surface area (Å²) in [5, 5.41) is 2.17. The molecule has 1 heteroatoms. The number of carbonyl (C=O) groups excluding carboxylic acids is 1. The minimum absolute atomic E-state index is 0.188. The third-order valence-electron chi connectivity index (χ3n) is 3.90. The molecule has 0 aliphatic rings. The maximum atomic E-state index is 12.7. The lowest BCUT2D eigenvalue weighted by atomic mass is 9.93. The molecule has 0 saturated heterocycles. The minimum atomic E-state index is 0.188. The van der Waals surface area contributed by atoms with E-state index in [1.54, 1.807) is 0 Å². The fourth-order valence-corrected chi connectivity index (χ4v) is 2.73. The molecule has 0 bridgehead atoms. The highest BCUT2D eigenvalue weighted by atomic mass is 16.1. The molecule has 0 saturated carbocycles. The van der Waals surface area contributed by atoms with Crippen LogP contribution in [0.2, 0.25) is 0 Å². The van der Waals surface area contributed by atoms with Crippen LogP contribution in [0.15, 0.2) is 60.7 Å². The van der Waals surface area contributed by atoms with Gasteiger partial charge < -0.3 is 0 Å². The van der Waals surface area contributed by atoms with E-state index in [0.717, 1.165) is 27.5 Å². The van der Waals surface area contributed by atoms with Crippen molar-refractivity contribution in [3.63, 3.8) is 0 Å². The average molecular weight is 274 g/mol. The van der Waals surface area contributed by atoms with Crippen LogP contribution in [0, 0.1) is 13.8 Å². The number of Topliss-reactive ketones (excluding diaryl/α,β-unsaturated/α-hetero) is 1. The smallest absolute Gasteiger partial charge is 0.168 e. The van der Waals surface area contributed by atoms with E-state index in [-0.39, 0.29) is 5.78 Å². The van der Waals surface area contributed by atoms with Gasteiger partial charge in [0.05, 0.1) is 0 Å². The van der Waals surface area contributed by atoms with E-state index in [4.69, 9.17) is 0 Å². The van der Waals surface area contributed by atoms with Gasteiger partial charge in [-0.2, -0.15) is 0 Å². The first-order valence-corrected chi connectivity index (χ1v) is 7.22. The van der Waals surface area contributed by atoms with Crippen LogP contribution in [-0.4, -0.2) is 5.78 Å². The molecule has 0 unspecified atom stereocenters. The molecule has 3 aromatic rings. The molecule has 0 spiro atoms. The largest absolute Gasteiger partial charge is 0.294 e. The van der Waals surface area contributed by atoms with Gasteiger partial charge in [0.15, 0.2) is 5.78 Å². The normalized spacial score (nSPS) is 10.8. The summed E-state index contributed by atoms with van der Waals surface area (Å²) in [7, 11) is 0. The molecule has 3 aromatic carbocycles. The van der Waals surface area contributed by atoms with E-state index in [1.807, 2.05) is 43.3 Å². The Hall–Kier alpha value is -2.41. The van der Waals surface area contributed by atoms with Crippen molar-refractivity contribution in [2.45, 2.75) is 20.3 Å². The van der Waals surface area contributed by atoms with Crippen molar-refractivity contribution >= 4 is 16.6 Å². The predicted octanol–water partition coefficient (Wildman–Crippen LogP) is 4.88. The van der Waals surface area contributed by atoms with Crippen molar-refractivity contribution in [3.8, 4) is 0 Å². The van der Waals surface area contributed by atoms with Gasteiger partial charge in [-0.05, 0) is 35.7 Å². The van der Waals surface area contributed by atoms with E-state index >= 15 is 0 Å². The third kappa shape index (κ3) is 2.73. The number of ketones is 1. The molecule has 1 nitrogen and oxygen atoms in total. The van der Waals surface area contributed by atoms with Crippen molar-refractivity contribution < 1.29 is 4.79 Å². The number of hydrogen-bond donors (Lipinski definition) is 0. The Kier molecular flexibility index (Phi) is 3.57. The quantitative estimate of drug-likeness (QED) is 0.622. The zero-order chi connectivity index (χ0) is 14.8. The summed E-state index contributed by atoms with van der Waals surface area (Å²) in [4.78, 5) is 12.7. The molecule has 0 aromatic heterocycles. The van der Waals surface area contributed by atoms with Gasteiger partial charge in [-0.1, -0.05) is 66.2 Å². The first-order valence-electron chi connectivity index (χ1n) is 7.22. The van der Waals surface area contributed by atoms with E-state index in [9.17, 15) is 4.79 Å². The molecule has 0 aliphatic heterocycles.